The number of carboxylic acid groups (broad SMARTS) is 1. The summed E-state index contributed by atoms with van der Waals surface area (Å²) in [6.07, 6.45) is 2.30. The van der Waals surface area contributed by atoms with Crippen molar-refractivity contribution in [1.29, 1.82) is 0 Å². The lowest BCUT2D eigenvalue weighted by atomic mass is 10.2. The number of aromatic carboxylic acids is 1. The summed E-state index contributed by atoms with van der Waals surface area (Å²) in [6, 6.07) is 4.20. The van der Waals surface area contributed by atoms with Crippen LogP contribution in [0.25, 0.3) is 0 Å². The number of hydrogen-bond acceptors (Lipinski definition) is 3. The van der Waals surface area contributed by atoms with Gasteiger partial charge in [-0.2, -0.15) is 0 Å². The first-order valence-electron chi connectivity index (χ1n) is 5.98. The summed E-state index contributed by atoms with van der Waals surface area (Å²) in [4.78, 5) is 22.5. The molecule has 1 fully saturated rings. The molecule has 0 aliphatic heterocycles. The van der Waals surface area contributed by atoms with Gasteiger partial charge in [-0.1, -0.05) is 11.6 Å². The number of carboxylic acids is 1. The Morgan fingerprint density at radius 1 is 1.42 bits per heavy atom. The molecular weight excluding hydrogens is 270 g/mol. The van der Waals surface area contributed by atoms with Crippen molar-refractivity contribution < 1.29 is 19.4 Å². The molecule has 0 radical (unpaired) electrons. The molecule has 5 nitrogen and oxygen atoms in total. The van der Waals surface area contributed by atoms with Crippen LogP contribution >= 0.6 is 11.6 Å². The van der Waals surface area contributed by atoms with E-state index in [9.17, 15) is 9.59 Å². The molecule has 0 atom stereocenters. The van der Waals surface area contributed by atoms with Gasteiger partial charge in [0, 0.05) is 11.6 Å². The second-order valence-corrected chi connectivity index (χ2v) is 4.92. The highest BCUT2D eigenvalue weighted by Crippen LogP contribution is 2.27. The summed E-state index contributed by atoms with van der Waals surface area (Å²) >= 11 is 5.77. The van der Waals surface area contributed by atoms with Crippen LogP contribution in [0, 0.1) is 5.92 Å². The molecule has 1 amide bonds. The monoisotopic (exact) mass is 283 g/mol. The van der Waals surface area contributed by atoms with Gasteiger partial charge in [0.1, 0.15) is 11.3 Å². The number of hydrogen-bond donors (Lipinski definition) is 2. The van der Waals surface area contributed by atoms with Crippen molar-refractivity contribution >= 4 is 23.5 Å². The predicted octanol–water partition coefficient (Wildman–Crippen LogP) is 1.94. The standard InChI is InChI=1S/C13H14ClNO4/c14-9-3-4-10(13(17)18)11(5-9)19-7-12(16)15-6-8-1-2-8/h3-5,8H,1-2,6-7H2,(H,15,16)(H,17,18). The Kier molecular flexibility index (Phi) is 4.27. The van der Waals surface area contributed by atoms with E-state index in [1.807, 2.05) is 0 Å². The quantitative estimate of drug-likeness (QED) is 0.836. The lowest BCUT2D eigenvalue weighted by Crippen LogP contribution is -2.30. The highest BCUT2D eigenvalue weighted by atomic mass is 35.5. The van der Waals surface area contributed by atoms with Crippen LogP contribution in [0.3, 0.4) is 0 Å². The van der Waals surface area contributed by atoms with Gasteiger partial charge in [0.05, 0.1) is 0 Å². The van der Waals surface area contributed by atoms with E-state index in [0.29, 0.717) is 17.5 Å². The molecule has 102 valence electrons. The molecule has 1 saturated carbocycles. The van der Waals surface area contributed by atoms with Crippen LogP contribution in [0.2, 0.25) is 5.02 Å². The zero-order valence-electron chi connectivity index (χ0n) is 10.2. The maximum absolute atomic E-state index is 11.5. The van der Waals surface area contributed by atoms with E-state index in [1.165, 1.54) is 18.2 Å². The molecule has 0 aromatic heterocycles. The molecule has 0 bridgehead atoms. The van der Waals surface area contributed by atoms with Gasteiger partial charge >= 0.3 is 5.97 Å². The Morgan fingerprint density at radius 3 is 2.79 bits per heavy atom. The summed E-state index contributed by atoms with van der Waals surface area (Å²) in [5, 5.41) is 12.1. The molecule has 1 aromatic carbocycles. The number of carbonyl (C=O) groups is 2. The van der Waals surface area contributed by atoms with Crippen LogP contribution in [0.1, 0.15) is 23.2 Å². The van der Waals surface area contributed by atoms with E-state index in [-0.39, 0.29) is 23.8 Å². The fourth-order valence-electron chi connectivity index (χ4n) is 1.57. The molecule has 0 heterocycles. The van der Waals surface area contributed by atoms with Crippen molar-refractivity contribution in [1.82, 2.24) is 5.32 Å². The van der Waals surface area contributed by atoms with E-state index < -0.39 is 5.97 Å². The van der Waals surface area contributed by atoms with E-state index in [0.717, 1.165) is 12.8 Å². The smallest absolute Gasteiger partial charge is 0.339 e. The Labute approximate surface area is 115 Å². The zero-order chi connectivity index (χ0) is 13.8. The van der Waals surface area contributed by atoms with Gasteiger partial charge in [0.25, 0.3) is 5.91 Å². The van der Waals surface area contributed by atoms with Crippen LogP contribution in [0.4, 0.5) is 0 Å². The molecule has 1 aromatic rings. The van der Waals surface area contributed by atoms with Crippen LogP contribution in [0.15, 0.2) is 18.2 Å². The second kappa shape index (κ2) is 5.93. The molecule has 1 aliphatic rings. The normalized spacial score (nSPS) is 13.9. The maximum Gasteiger partial charge on any atom is 0.339 e. The van der Waals surface area contributed by atoms with Crippen LogP contribution in [-0.4, -0.2) is 30.1 Å². The van der Waals surface area contributed by atoms with Gasteiger partial charge in [-0.05, 0) is 37.0 Å². The average Bonchev–Trinajstić information content (AvgIpc) is 3.17. The van der Waals surface area contributed by atoms with Gasteiger partial charge in [-0.15, -0.1) is 0 Å². The SMILES string of the molecule is O=C(COc1cc(Cl)ccc1C(=O)O)NCC1CC1. The molecule has 0 unspecified atom stereocenters. The van der Waals surface area contributed by atoms with E-state index in [4.69, 9.17) is 21.4 Å². The van der Waals surface area contributed by atoms with Crippen molar-refractivity contribution in [3.8, 4) is 5.75 Å². The van der Waals surface area contributed by atoms with Crippen molar-refractivity contribution in [2.45, 2.75) is 12.8 Å². The summed E-state index contributed by atoms with van der Waals surface area (Å²) in [5.74, 6) is -0.695. The number of nitrogens with one attached hydrogen (secondary N) is 1. The average molecular weight is 284 g/mol. The van der Waals surface area contributed by atoms with Crippen molar-refractivity contribution in [3.63, 3.8) is 0 Å². The van der Waals surface area contributed by atoms with Crippen molar-refractivity contribution in [2.24, 2.45) is 5.92 Å². The third kappa shape index (κ3) is 4.13. The first-order valence-corrected chi connectivity index (χ1v) is 6.36. The summed E-state index contributed by atoms with van der Waals surface area (Å²) < 4.78 is 5.22. The Bertz CT molecular complexity index is 499. The number of halogens is 1. The van der Waals surface area contributed by atoms with Crippen LogP contribution < -0.4 is 10.1 Å². The third-order valence-electron chi connectivity index (χ3n) is 2.82. The van der Waals surface area contributed by atoms with E-state index in [2.05, 4.69) is 5.32 Å². The minimum atomic E-state index is -1.12. The molecule has 1 aliphatic carbocycles. The van der Waals surface area contributed by atoms with Gasteiger partial charge in [0.15, 0.2) is 6.61 Å². The molecule has 2 rings (SSSR count). The Morgan fingerprint density at radius 2 is 2.16 bits per heavy atom. The van der Waals surface area contributed by atoms with Gasteiger partial charge in [-0.25, -0.2) is 4.79 Å². The van der Waals surface area contributed by atoms with Gasteiger partial charge in [-0.3, -0.25) is 4.79 Å². The molecular formula is C13H14ClNO4. The van der Waals surface area contributed by atoms with E-state index >= 15 is 0 Å². The summed E-state index contributed by atoms with van der Waals surface area (Å²) in [6.45, 7) is 0.441. The highest BCUT2D eigenvalue weighted by Gasteiger charge is 2.21. The van der Waals surface area contributed by atoms with E-state index in [1.54, 1.807) is 0 Å². The maximum atomic E-state index is 11.5. The number of benzene rings is 1. The second-order valence-electron chi connectivity index (χ2n) is 4.48. The third-order valence-corrected chi connectivity index (χ3v) is 3.05. The zero-order valence-corrected chi connectivity index (χ0v) is 10.9. The van der Waals surface area contributed by atoms with Gasteiger partial charge in [0.2, 0.25) is 0 Å². The molecule has 2 N–H and O–H groups in total. The first-order chi connectivity index (χ1) is 9.06. The number of amides is 1. The summed E-state index contributed by atoms with van der Waals surface area (Å²) in [5.41, 5.74) is -0.0145. The summed E-state index contributed by atoms with van der Waals surface area (Å²) in [7, 11) is 0. The Balaban J connectivity index is 1.91. The topological polar surface area (TPSA) is 75.6 Å². The highest BCUT2D eigenvalue weighted by molar-refractivity contribution is 6.30. The fourth-order valence-corrected chi connectivity index (χ4v) is 1.73. The lowest BCUT2D eigenvalue weighted by Gasteiger charge is -2.09. The van der Waals surface area contributed by atoms with Crippen LogP contribution in [-0.2, 0) is 4.79 Å². The van der Waals surface area contributed by atoms with Gasteiger partial charge < -0.3 is 15.2 Å². The number of ether oxygens (including phenoxy) is 1. The molecule has 6 heteroatoms. The minimum absolute atomic E-state index is 0.0145. The van der Waals surface area contributed by atoms with Crippen molar-refractivity contribution in [3.05, 3.63) is 28.8 Å². The minimum Gasteiger partial charge on any atom is -0.483 e. The number of rotatable bonds is 6. The van der Waals surface area contributed by atoms with Crippen LogP contribution in [0.5, 0.6) is 5.75 Å². The molecule has 0 spiro atoms. The fraction of sp³-hybridized carbons (Fsp3) is 0.385. The largest absolute Gasteiger partial charge is 0.483 e. The lowest BCUT2D eigenvalue weighted by molar-refractivity contribution is -0.123. The molecule has 19 heavy (non-hydrogen) atoms. The number of carbonyl (C=O) groups excluding carboxylic acids is 1. The predicted molar refractivity (Wildman–Crippen MR) is 69.6 cm³/mol. The first kappa shape index (κ1) is 13.7. The van der Waals surface area contributed by atoms with Crippen molar-refractivity contribution in [2.75, 3.05) is 13.2 Å². The Hall–Kier alpha value is -1.75. The molecule has 0 saturated heterocycles.